The van der Waals surface area contributed by atoms with Gasteiger partial charge in [0, 0.05) is 24.6 Å². The summed E-state index contributed by atoms with van der Waals surface area (Å²) in [5.41, 5.74) is 6.25. The number of fused-ring (bicyclic) bond motifs is 1. The number of ether oxygens (including phenoxy) is 1. The smallest absolute Gasteiger partial charge is 0.224 e. The molecule has 1 aliphatic heterocycles. The molecule has 1 amide bonds. The molecule has 1 N–H and O–H groups in total. The second-order valence-corrected chi connectivity index (χ2v) is 7.80. The predicted molar refractivity (Wildman–Crippen MR) is 109 cm³/mol. The first-order valence-electron chi connectivity index (χ1n) is 10.1. The molecular formula is C23H27N3O2. The van der Waals surface area contributed by atoms with Gasteiger partial charge >= 0.3 is 0 Å². The van der Waals surface area contributed by atoms with Crippen LogP contribution in [-0.2, 0) is 11.2 Å². The van der Waals surface area contributed by atoms with Gasteiger partial charge in [-0.1, -0.05) is 11.6 Å². The number of carbonyl (C=O) groups excluding carboxylic acids is 1. The molecule has 2 aliphatic rings. The van der Waals surface area contributed by atoms with Crippen molar-refractivity contribution in [2.75, 3.05) is 6.54 Å². The van der Waals surface area contributed by atoms with Crippen molar-refractivity contribution in [1.29, 1.82) is 0 Å². The van der Waals surface area contributed by atoms with Crippen LogP contribution in [0.25, 0.3) is 11.3 Å². The minimum absolute atomic E-state index is 0.0146. The predicted octanol–water partition coefficient (Wildman–Crippen LogP) is 4.07. The van der Waals surface area contributed by atoms with Gasteiger partial charge in [0.2, 0.25) is 5.91 Å². The first-order valence-corrected chi connectivity index (χ1v) is 10.1. The van der Waals surface area contributed by atoms with Crippen LogP contribution in [0.3, 0.4) is 0 Å². The molecule has 0 saturated carbocycles. The van der Waals surface area contributed by atoms with Crippen molar-refractivity contribution >= 4 is 5.91 Å². The van der Waals surface area contributed by atoms with Crippen molar-refractivity contribution in [2.24, 2.45) is 0 Å². The molecule has 1 aliphatic carbocycles. The number of aryl methyl sites for hydroxylation is 2. The van der Waals surface area contributed by atoms with E-state index in [1.165, 1.54) is 18.4 Å². The van der Waals surface area contributed by atoms with Gasteiger partial charge in [0.05, 0.1) is 23.6 Å². The monoisotopic (exact) mass is 377 g/mol. The molecule has 4 rings (SSSR count). The van der Waals surface area contributed by atoms with Gasteiger partial charge in [-0.3, -0.25) is 9.78 Å². The summed E-state index contributed by atoms with van der Waals surface area (Å²) in [6, 6.07) is 6.18. The second kappa shape index (κ2) is 8.13. The van der Waals surface area contributed by atoms with Crippen molar-refractivity contribution in [3.63, 3.8) is 0 Å². The fourth-order valence-electron chi connectivity index (χ4n) is 3.95. The number of hydrogen-bond donors (Lipinski definition) is 1. The molecule has 1 aromatic heterocycles. The molecule has 1 aromatic carbocycles. The Morgan fingerprint density at radius 3 is 3.00 bits per heavy atom. The van der Waals surface area contributed by atoms with Gasteiger partial charge < -0.3 is 10.1 Å². The van der Waals surface area contributed by atoms with Crippen LogP contribution in [0.2, 0.25) is 0 Å². The first-order chi connectivity index (χ1) is 13.6. The zero-order valence-corrected chi connectivity index (χ0v) is 16.6. The quantitative estimate of drug-likeness (QED) is 0.798. The van der Waals surface area contributed by atoms with Gasteiger partial charge in [0.15, 0.2) is 0 Å². The Hall–Kier alpha value is -2.69. The summed E-state index contributed by atoms with van der Waals surface area (Å²) in [6.07, 6.45) is 9.93. The molecule has 0 fully saturated rings. The lowest BCUT2D eigenvalue weighted by Gasteiger charge is -2.14. The van der Waals surface area contributed by atoms with Crippen molar-refractivity contribution < 1.29 is 9.53 Å². The number of aromatic nitrogens is 2. The Kier molecular flexibility index (Phi) is 5.42. The van der Waals surface area contributed by atoms with Crippen molar-refractivity contribution in [2.45, 2.75) is 58.5 Å². The summed E-state index contributed by atoms with van der Waals surface area (Å²) in [7, 11) is 0. The van der Waals surface area contributed by atoms with E-state index < -0.39 is 0 Å². The van der Waals surface area contributed by atoms with Crippen LogP contribution >= 0.6 is 0 Å². The highest BCUT2D eigenvalue weighted by atomic mass is 16.5. The van der Waals surface area contributed by atoms with Crippen LogP contribution in [-0.4, -0.2) is 28.5 Å². The molecule has 0 saturated heterocycles. The summed E-state index contributed by atoms with van der Waals surface area (Å²) in [4.78, 5) is 21.3. The first kappa shape index (κ1) is 18.7. The van der Waals surface area contributed by atoms with E-state index in [1.54, 1.807) is 6.20 Å². The number of benzene rings is 1. The maximum atomic E-state index is 12.2. The highest BCUT2D eigenvalue weighted by Gasteiger charge is 2.24. The minimum Gasteiger partial charge on any atom is -0.488 e. The lowest BCUT2D eigenvalue weighted by Crippen LogP contribution is -2.34. The van der Waals surface area contributed by atoms with Crippen LogP contribution in [0, 0.1) is 13.8 Å². The molecule has 0 bridgehead atoms. The lowest BCUT2D eigenvalue weighted by atomic mass is 9.97. The Morgan fingerprint density at radius 1 is 1.29 bits per heavy atom. The molecule has 5 heteroatoms. The number of carbonyl (C=O) groups is 1. The van der Waals surface area contributed by atoms with E-state index in [0.29, 0.717) is 13.0 Å². The van der Waals surface area contributed by atoms with Crippen molar-refractivity contribution in [3.8, 4) is 17.0 Å². The number of nitrogens with zero attached hydrogens (tertiary/aromatic N) is 2. The van der Waals surface area contributed by atoms with Gasteiger partial charge in [0.25, 0.3) is 0 Å². The Morgan fingerprint density at radius 2 is 2.18 bits per heavy atom. The van der Waals surface area contributed by atoms with E-state index in [0.717, 1.165) is 53.2 Å². The molecule has 0 spiro atoms. The number of amides is 1. The number of hydrogen-bond acceptors (Lipinski definition) is 4. The topological polar surface area (TPSA) is 64.1 Å². The summed E-state index contributed by atoms with van der Waals surface area (Å²) >= 11 is 0. The summed E-state index contributed by atoms with van der Waals surface area (Å²) in [6.45, 7) is 4.47. The maximum Gasteiger partial charge on any atom is 0.224 e. The fraction of sp³-hybridized carbons (Fsp3) is 0.435. The summed E-state index contributed by atoms with van der Waals surface area (Å²) in [5, 5.41) is 3.04. The van der Waals surface area contributed by atoms with Crippen molar-refractivity contribution in [3.05, 3.63) is 53.0 Å². The average Bonchev–Trinajstić information content (AvgIpc) is 3.11. The van der Waals surface area contributed by atoms with Gasteiger partial charge in [-0.2, -0.15) is 0 Å². The zero-order chi connectivity index (χ0) is 19.5. The highest BCUT2D eigenvalue weighted by molar-refractivity contribution is 5.78. The number of rotatable bonds is 5. The largest absolute Gasteiger partial charge is 0.488 e. The van der Waals surface area contributed by atoms with Crippen molar-refractivity contribution in [1.82, 2.24) is 15.3 Å². The molecule has 1 atom stereocenters. The average molecular weight is 377 g/mol. The molecule has 146 valence electrons. The van der Waals surface area contributed by atoms with Gasteiger partial charge in [-0.15, -0.1) is 0 Å². The van der Waals surface area contributed by atoms with E-state index in [1.807, 2.05) is 26.0 Å². The third-order valence-corrected chi connectivity index (χ3v) is 5.45. The van der Waals surface area contributed by atoms with Crippen LogP contribution in [0.4, 0.5) is 0 Å². The molecule has 2 aromatic rings. The summed E-state index contributed by atoms with van der Waals surface area (Å²) in [5.74, 6) is 0.996. The van der Waals surface area contributed by atoms with E-state index in [2.05, 4.69) is 27.4 Å². The fourth-order valence-corrected chi connectivity index (χ4v) is 3.95. The summed E-state index contributed by atoms with van der Waals surface area (Å²) < 4.78 is 6.03. The number of allylic oxidation sites excluding steroid dienone is 1. The third kappa shape index (κ3) is 4.24. The van der Waals surface area contributed by atoms with E-state index in [4.69, 9.17) is 4.74 Å². The van der Waals surface area contributed by atoms with Crippen LogP contribution in [0.15, 0.2) is 36.0 Å². The molecular weight excluding hydrogens is 350 g/mol. The SMILES string of the molecule is Cc1cnc(C)c(-c2ccc3c(c2)C[C@@H](CNC(=O)CC2=CCCCC2)O3)n1. The normalized spacial score (nSPS) is 18.2. The maximum absolute atomic E-state index is 12.2. The van der Waals surface area contributed by atoms with Crippen LogP contribution in [0.1, 0.15) is 49.1 Å². The highest BCUT2D eigenvalue weighted by Crippen LogP contribution is 2.33. The molecule has 0 unspecified atom stereocenters. The van der Waals surface area contributed by atoms with Crippen LogP contribution < -0.4 is 10.1 Å². The molecule has 5 nitrogen and oxygen atoms in total. The standard InChI is InChI=1S/C23H27N3O2/c1-15-13-24-16(2)23(26-15)18-8-9-21-19(11-18)12-20(28-21)14-25-22(27)10-17-6-4-3-5-7-17/h6,8-9,11,13,20H,3-5,7,10,12,14H2,1-2H3,(H,25,27)/t20-/m0/s1. The number of nitrogens with one attached hydrogen (secondary N) is 1. The molecule has 28 heavy (non-hydrogen) atoms. The van der Waals surface area contributed by atoms with E-state index in [-0.39, 0.29) is 12.0 Å². The Balaban J connectivity index is 1.36. The Labute approximate surface area is 166 Å². The third-order valence-electron chi connectivity index (χ3n) is 5.45. The van der Waals surface area contributed by atoms with Crippen LogP contribution in [0.5, 0.6) is 5.75 Å². The van der Waals surface area contributed by atoms with E-state index >= 15 is 0 Å². The molecule has 2 heterocycles. The minimum atomic E-state index is -0.0146. The van der Waals surface area contributed by atoms with E-state index in [9.17, 15) is 4.79 Å². The Bertz CT molecular complexity index is 920. The van der Waals surface area contributed by atoms with Gasteiger partial charge in [-0.05, 0) is 63.3 Å². The lowest BCUT2D eigenvalue weighted by molar-refractivity contribution is -0.120. The zero-order valence-electron chi connectivity index (χ0n) is 16.6. The molecule has 0 radical (unpaired) electrons. The second-order valence-electron chi connectivity index (χ2n) is 7.80. The van der Waals surface area contributed by atoms with Gasteiger partial charge in [-0.25, -0.2) is 4.98 Å². The van der Waals surface area contributed by atoms with Gasteiger partial charge in [0.1, 0.15) is 11.9 Å².